The molecule has 1 aliphatic rings. The van der Waals surface area contributed by atoms with E-state index in [0.29, 0.717) is 0 Å². The summed E-state index contributed by atoms with van der Waals surface area (Å²) in [4.78, 5) is 75.7. The van der Waals surface area contributed by atoms with Crippen molar-refractivity contribution >= 4 is 35.2 Å². The minimum Gasteiger partial charge on any atom is -0.481 e. The number of hydrogen-bond acceptors (Lipinski definition) is 6. The van der Waals surface area contributed by atoms with Crippen LogP contribution in [0.25, 0.3) is 0 Å². The molecule has 9 nitrogen and oxygen atoms in total. The Morgan fingerprint density at radius 3 is 1.58 bits per heavy atom. The van der Waals surface area contributed by atoms with Crippen LogP contribution in [0.2, 0.25) is 0 Å². The summed E-state index contributed by atoms with van der Waals surface area (Å²) in [5.74, 6) is -14.1. The molecular formula is C22H33NO8. The molecule has 0 aromatic heterocycles. The molecule has 0 aromatic carbocycles. The number of carbonyl (C=O) groups is 6. The number of carboxylic acid groups (broad SMARTS) is 2. The summed E-state index contributed by atoms with van der Waals surface area (Å²) in [6, 6.07) is 0. The lowest BCUT2D eigenvalue weighted by Crippen LogP contribution is -2.50. The van der Waals surface area contributed by atoms with E-state index in [-0.39, 0.29) is 6.42 Å². The van der Waals surface area contributed by atoms with Crippen molar-refractivity contribution in [2.24, 2.45) is 47.3 Å². The Hall–Kier alpha value is -2.58. The molecule has 3 N–H and O–H groups in total. The fourth-order valence-corrected chi connectivity index (χ4v) is 4.94. The number of Topliss-reactive ketones (excluding diaryl/α,β-unsaturated/α-hetero) is 3. The van der Waals surface area contributed by atoms with Crippen molar-refractivity contribution in [2.45, 2.75) is 47.5 Å². The van der Waals surface area contributed by atoms with Crippen LogP contribution in [-0.4, -0.2) is 52.5 Å². The molecular weight excluding hydrogens is 406 g/mol. The van der Waals surface area contributed by atoms with Gasteiger partial charge in [-0.2, -0.15) is 0 Å². The maximum atomic E-state index is 12.9. The van der Waals surface area contributed by atoms with Gasteiger partial charge in [0, 0.05) is 31.2 Å². The van der Waals surface area contributed by atoms with Crippen LogP contribution in [0.5, 0.6) is 0 Å². The molecule has 1 saturated carbocycles. The molecule has 1 aliphatic carbocycles. The summed E-state index contributed by atoms with van der Waals surface area (Å²) >= 11 is 0. The van der Waals surface area contributed by atoms with E-state index in [0.717, 1.165) is 0 Å². The van der Waals surface area contributed by atoms with Gasteiger partial charge in [-0.3, -0.25) is 28.8 Å². The van der Waals surface area contributed by atoms with Gasteiger partial charge in [0.05, 0.1) is 24.2 Å². The maximum Gasteiger partial charge on any atom is 0.307 e. The van der Waals surface area contributed by atoms with Crippen LogP contribution < -0.4 is 5.32 Å². The Kier molecular flexibility index (Phi) is 9.08. The van der Waals surface area contributed by atoms with Crippen molar-refractivity contribution in [3.8, 4) is 0 Å². The molecule has 6 unspecified atom stereocenters. The summed E-state index contributed by atoms with van der Waals surface area (Å²) in [5.41, 5.74) is 0. The van der Waals surface area contributed by atoms with E-state index < -0.39 is 89.0 Å². The first-order valence-electron chi connectivity index (χ1n) is 10.6. The second-order valence-electron chi connectivity index (χ2n) is 8.86. The minimum atomic E-state index is -1.40. The predicted octanol–water partition coefficient (Wildman–Crippen LogP) is 1.43. The summed E-state index contributed by atoms with van der Waals surface area (Å²) in [7, 11) is 1.30. The third-order valence-electron chi connectivity index (χ3n) is 6.30. The second-order valence-corrected chi connectivity index (χ2v) is 8.86. The van der Waals surface area contributed by atoms with Crippen LogP contribution >= 0.6 is 0 Å². The van der Waals surface area contributed by atoms with Gasteiger partial charge in [0.25, 0.3) is 0 Å². The first-order chi connectivity index (χ1) is 14.3. The standard InChI is InChI=1S/C22H33NO8/c1-7-11(24)16(14(9(2)3)21(28)29)17-12(25)8-13(26)18(17)19(20(27)23-6)15(10(4)5)22(30)31/h9-10,14-19H,7-8H2,1-6H3,(H,23,27)(H,28,29)(H,30,31). The first kappa shape index (κ1) is 26.5. The van der Waals surface area contributed by atoms with Gasteiger partial charge in [0.2, 0.25) is 5.91 Å². The van der Waals surface area contributed by atoms with Crippen LogP contribution in [-0.2, 0) is 28.8 Å². The molecule has 0 heterocycles. The Balaban J connectivity index is 3.77. The first-order valence-corrected chi connectivity index (χ1v) is 10.6. The molecule has 1 fully saturated rings. The molecule has 174 valence electrons. The van der Waals surface area contributed by atoms with Gasteiger partial charge >= 0.3 is 11.9 Å². The largest absolute Gasteiger partial charge is 0.481 e. The summed E-state index contributed by atoms with van der Waals surface area (Å²) in [6.45, 7) is 7.93. The maximum absolute atomic E-state index is 12.9. The van der Waals surface area contributed by atoms with E-state index in [1.54, 1.807) is 27.7 Å². The van der Waals surface area contributed by atoms with Crippen LogP contribution in [0.15, 0.2) is 0 Å². The molecule has 0 aromatic rings. The number of hydrogen-bond donors (Lipinski definition) is 3. The third kappa shape index (κ3) is 5.37. The van der Waals surface area contributed by atoms with E-state index in [9.17, 15) is 39.0 Å². The molecule has 0 bridgehead atoms. The van der Waals surface area contributed by atoms with Gasteiger partial charge in [-0.1, -0.05) is 34.6 Å². The molecule has 0 aliphatic heterocycles. The van der Waals surface area contributed by atoms with Crippen molar-refractivity contribution in [3.05, 3.63) is 0 Å². The van der Waals surface area contributed by atoms with Gasteiger partial charge in [0.1, 0.15) is 17.3 Å². The van der Waals surface area contributed by atoms with Crippen LogP contribution in [0.3, 0.4) is 0 Å². The predicted molar refractivity (Wildman–Crippen MR) is 110 cm³/mol. The number of aliphatic carboxylic acids is 2. The lowest BCUT2D eigenvalue weighted by atomic mass is 9.63. The average molecular weight is 440 g/mol. The number of nitrogens with one attached hydrogen (secondary N) is 1. The monoisotopic (exact) mass is 439 g/mol. The second kappa shape index (κ2) is 10.6. The molecule has 6 atom stereocenters. The normalized spacial score (nSPS) is 22.8. The summed E-state index contributed by atoms with van der Waals surface area (Å²) < 4.78 is 0. The molecule has 31 heavy (non-hydrogen) atoms. The average Bonchev–Trinajstić information content (AvgIpc) is 2.94. The Morgan fingerprint density at radius 1 is 0.871 bits per heavy atom. The number of ketones is 3. The number of rotatable bonds is 11. The highest BCUT2D eigenvalue weighted by atomic mass is 16.4. The van der Waals surface area contributed by atoms with E-state index in [1.165, 1.54) is 14.0 Å². The fourth-order valence-electron chi connectivity index (χ4n) is 4.94. The third-order valence-corrected chi connectivity index (χ3v) is 6.30. The van der Waals surface area contributed by atoms with Crippen molar-refractivity contribution in [2.75, 3.05) is 7.05 Å². The SMILES string of the molecule is CCC(=O)C(C(C(=O)O)C(C)C)C1C(=O)CC(=O)C1C(C(=O)NC)C(C(=O)O)C(C)C. The highest BCUT2D eigenvalue weighted by Gasteiger charge is 2.57. The smallest absolute Gasteiger partial charge is 0.307 e. The van der Waals surface area contributed by atoms with Crippen molar-refractivity contribution in [1.29, 1.82) is 0 Å². The van der Waals surface area contributed by atoms with Crippen molar-refractivity contribution in [1.82, 2.24) is 5.32 Å². The highest BCUT2D eigenvalue weighted by Crippen LogP contribution is 2.45. The molecule has 9 heteroatoms. The van der Waals surface area contributed by atoms with Gasteiger partial charge in [0.15, 0.2) is 0 Å². The van der Waals surface area contributed by atoms with Crippen LogP contribution in [0, 0.1) is 47.3 Å². The Labute approximate surface area is 182 Å². The van der Waals surface area contributed by atoms with E-state index in [1.807, 2.05) is 0 Å². The quantitative estimate of drug-likeness (QED) is 0.408. The fraction of sp³-hybridized carbons (Fsp3) is 0.727. The van der Waals surface area contributed by atoms with Crippen molar-refractivity contribution < 1.29 is 39.0 Å². The topological polar surface area (TPSA) is 155 Å². The van der Waals surface area contributed by atoms with Gasteiger partial charge in [-0.15, -0.1) is 0 Å². The number of carbonyl (C=O) groups excluding carboxylic acids is 4. The molecule has 0 spiro atoms. The molecule has 1 amide bonds. The Bertz CT molecular complexity index is 695. The van der Waals surface area contributed by atoms with Gasteiger partial charge in [-0.25, -0.2) is 0 Å². The molecule has 0 radical (unpaired) electrons. The lowest BCUT2D eigenvalue weighted by Gasteiger charge is -2.37. The zero-order chi connectivity index (χ0) is 24.2. The number of carboxylic acids is 2. The zero-order valence-corrected chi connectivity index (χ0v) is 18.9. The minimum absolute atomic E-state index is 0.0525. The summed E-state index contributed by atoms with van der Waals surface area (Å²) in [6.07, 6.45) is -0.603. The van der Waals surface area contributed by atoms with Crippen LogP contribution in [0.4, 0.5) is 0 Å². The molecule has 0 saturated heterocycles. The van der Waals surface area contributed by atoms with Crippen LogP contribution in [0.1, 0.15) is 47.5 Å². The van der Waals surface area contributed by atoms with Gasteiger partial charge < -0.3 is 15.5 Å². The zero-order valence-electron chi connectivity index (χ0n) is 18.9. The highest BCUT2D eigenvalue weighted by molar-refractivity contribution is 6.12. The van der Waals surface area contributed by atoms with E-state index in [4.69, 9.17) is 0 Å². The lowest BCUT2D eigenvalue weighted by molar-refractivity contribution is -0.157. The summed E-state index contributed by atoms with van der Waals surface area (Å²) in [5, 5.41) is 22.0. The number of amides is 1. The van der Waals surface area contributed by atoms with E-state index in [2.05, 4.69) is 5.32 Å². The van der Waals surface area contributed by atoms with Gasteiger partial charge in [-0.05, 0) is 11.8 Å². The van der Waals surface area contributed by atoms with Crippen molar-refractivity contribution in [3.63, 3.8) is 0 Å². The Morgan fingerprint density at radius 2 is 1.26 bits per heavy atom. The molecule has 1 rings (SSSR count). The van der Waals surface area contributed by atoms with E-state index >= 15 is 0 Å².